The van der Waals surface area contributed by atoms with Gasteiger partial charge >= 0.3 is 0 Å². The Kier molecular flexibility index (Phi) is 4.39. The van der Waals surface area contributed by atoms with E-state index in [1.165, 1.54) is 0 Å². The van der Waals surface area contributed by atoms with Crippen LogP contribution in [0, 0.1) is 0 Å². The molecule has 0 aromatic heterocycles. The van der Waals surface area contributed by atoms with Crippen molar-refractivity contribution in [3.05, 3.63) is 29.8 Å². The SMILES string of the molecule is COCCN1C(=O)CC(N)C1c1ccccc1OC. The van der Waals surface area contributed by atoms with Crippen molar-refractivity contribution in [3.63, 3.8) is 0 Å². The first-order valence-corrected chi connectivity index (χ1v) is 6.36. The van der Waals surface area contributed by atoms with Crippen LogP contribution < -0.4 is 10.5 Å². The minimum absolute atomic E-state index is 0.0699. The van der Waals surface area contributed by atoms with E-state index in [1.54, 1.807) is 19.1 Å². The van der Waals surface area contributed by atoms with E-state index in [0.29, 0.717) is 19.6 Å². The zero-order chi connectivity index (χ0) is 13.8. The molecule has 0 bridgehead atoms. The second kappa shape index (κ2) is 6.04. The first-order valence-electron chi connectivity index (χ1n) is 6.36. The third-order valence-corrected chi connectivity index (χ3v) is 3.47. The third kappa shape index (κ3) is 2.72. The summed E-state index contributed by atoms with van der Waals surface area (Å²) in [4.78, 5) is 13.8. The van der Waals surface area contributed by atoms with Crippen LogP contribution in [0.25, 0.3) is 0 Å². The summed E-state index contributed by atoms with van der Waals surface area (Å²) >= 11 is 0. The molecule has 1 aromatic carbocycles. The molecule has 0 spiro atoms. The van der Waals surface area contributed by atoms with Crippen LogP contribution in [0.15, 0.2) is 24.3 Å². The maximum absolute atomic E-state index is 12.0. The third-order valence-electron chi connectivity index (χ3n) is 3.47. The summed E-state index contributed by atoms with van der Waals surface area (Å²) in [6.07, 6.45) is 0.367. The normalized spacial score (nSPS) is 22.9. The fourth-order valence-electron chi connectivity index (χ4n) is 2.58. The Labute approximate surface area is 113 Å². The molecular formula is C14H20N2O3. The molecule has 2 atom stereocenters. The Bertz CT molecular complexity index is 450. The van der Waals surface area contributed by atoms with Crippen molar-refractivity contribution in [1.29, 1.82) is 0 Å². The maximum atomic E-state index is 12.0. The Hall–Kier alpha value is -1.59. The van der Waals surface area contributed by atoms with Gasteiger partial charge in [0.1, 0.15) is 5.75 Å². The van der Waals surface area contributed by atoms with E-state index in [2.05, 4.69) is 0 Å². The highest BCUT2D eigenvalue weighted by Gasteiger charge is 2.39. The molecule has 19 heavy (non-hydrogen) atoms. The van der Waals surface area contributed by atoms with Gasteiger partial charge in [0.15, 0.2) is 0 Å². The molecule has 1 aromatic rings. The zero-order valence-electron chi connectivity index (χ0n) is 11.3. The van der Waals surface area contributed by atoms with Crippen molar-refractivity contribution in [1.82, 2.24) is 4.90 Å². The van der Waals surface area contributed by atoms with E-state index < -0.39 is 0 Å². The number of hydrogen-bond donors (Lipinski definition) is 1. The molecular weight excluding hydrogens is 244 g/mol. The second-order valence-electron chi connectivity index (χ2n) is 4.63. The summed E-state index contributed by atoms with van der Waals surface area (Å²) in [5.41, 5.74) is 7.09. The maximum Gasteiger partial charge on any atom is 0.224 e. The average Bonchev–Trinajstić information content (AvgIpc) is 2.70. The molecule has 104 valence electrons. The van der Waals surface area contributed by atoms with Gasteiger partial charge in [-0.15, -0.1) is 0 Å². The van der Waals surface area contributed by atoms with E-state index in [9.17, 15) is 4.79 Å². The summed E-state index contributed by atoms with van der Waals surface area (Å²) < 4.78 is 10.4. The highest BCUT2D eigenvalue weighted by atomic mass is 16.5. The minimum Gasteiger partial charge on any atom is -0.496 e. The number of nitrogens with zero attached hydrogens (tertiary/aromatic N) is 1. The minimum atomic E-state index is -0.208. The van der Waals surface area contributed by atoms with Gasteiger partial charge in [-0.05, 0) is 6.07 Å². The summed E-state index contributed by atoms with van der Waals surface area (Å²) in [5, 5.41) is 0. The van der Waals surface area contributed by atoms with Crippen LogP contribution in [-0.4, -0.2) is 44.2 Å². The monoisotopic (exact) mass is 264 g/mol. The standard InChI is InChI=1S/C14H20N2O3/c1-18-8-7-16-13(17)9-11(15)14(16)10-5-3-4-6-12(10)19-2/h3-6,11,14H,7-9,15H2,1-2H3. The van der Waals surface area contributed by atoms with Gasteiger partial charge in [0.05, 0.1) is 19.8 Å². The van der Waals surface area contributed by atoms with Crippen LogP contribution in [-0.2, 0) is 9.53 Å². The molecule has 0 radical (unpaired) electrons. The summed E-state index contributed by atoms with van der Waals surface area (Å²) in [5.74, 6) is 0.834. The lowest BCUT2D eigenvalue weighted by Gasteiger charge is -2.28. The molecule has 2 rings (SSSR count). The molecule has 2 unspecified atom stereocenters. The van der Waals surface area contributed by atoms with Gasteiger partial charge in [-0.1, -0.05) is 18.2 Å². The molecule has 1 amide bonds. The zero-order valence-corrected chi connectivity index (χ0v) is 11.3. The van der Waals surface area contributed by atoms with Crippen molar-refractivity contribution in [2.45, 2.75) is 18.5 Å². The van der Waals surface area contributed by atoms with Gasteiger partial charge in [-0.3, -0.25) is 4.79 Å². The molecule has 1 aliphatic rings. The van der Waals surface area contributed by atoms with E-state index in [-0.39, 0.29) is 18.0 Å². The van der Waals surface area contributed by atoms with Crippen molar-refractivity contribution >= 4 is 5.91 Å². The number of rotatable bonds is 5. The van der Waals surface area contributed by atoms with Gasteiger partial charge in [-0.2, -0.15) is 0 Å². The number of carbonyl (C=O) groups is 1. The molecule has 1 aliphatic heterocycles. The van der Waals surface area contributed by atoms with Crippen LogP contribution in [0.4, 0.5) is 0 Å². The average molecular weight is 264 g/mol. The van der Waals surface area contributed by atoms with Crippen LogP contribution in [0.1, 0.15) is 18.0 Å². The quantitative estimate of drug-likeness (QED) is 0.859. The fourth-order valence-corrected chi connectivity index (χ4v) is 2.58. The van der Waals surface area contributed by atoms with E-state index >= 15 is 0 Å². The lowest BCUT2D eigenvalue weighted by molar-refractivity contribution is -0.129. The second-order valence-corrected chi connectivity index (χ2v) is 4.63. The predicted octanol–water partition coefficient (Wildman–Crippen LogP) is 0.942. The number of methoxy groups -OCH3 is 2. The van der Waals surface area contributed by atoms with Crippen molar-refractivity contribution < 1.29 is 14.3 Å². The lowest BCUT2D eigenvalue weighted by Crippen LogP contribution is -2.35. The number of para-hydroxylation sites is 1. The molecule has 1 fully saturated rings. The number of amides is 1. The van der Waals surface area contributed by atoms with E-state index in [4.69, 9.17) is 15.2 Å². The number of nitrogens with two attached hydrogens (primary N) is 1. The summed E-state index contributed by atoms with van der Waals surface area (Å²) in [7, 11) is 3.25. The topological polar surface area (TPSA) is 64.8 Å². The fraction of sp³-hybridized carbons (Fsp3) is 0.500. The Morgan fingerprint density at radius 3 is 2.79 bits per heavy atom. The molecule has 2 N–H and O–H groups in total. The molecule has 0 saturated carbocycles. The van der Waals surface area contributed by atoms with Crippen LogP contribution in [0.2, 0.25) is 0 Å². The van der Waals surface area contributed by atoms with Crippen molar-refractivity contribution in [3.8, 4) is 5.75 Å². The Morgan fingerprint density at radius 1 is 1.37 bits per heavy atom. The van der Waals surface area contributed by atoms with Gasteiger partial charge in [0.25, 0.3) is 0 Å². The molecule has 1 heterocycles. The molecule has 5 heteroatoms. The summed E-state index contributed by atoms with van der Waals surface area (Å²) in [6.45, 7) is 1.05. The predicted molar refractivity (Wildman–Crippen MR) is 71.9 cm³/mol. The van der Waals surface area contributed by atoms with E-state index in [1.807, 2.05) is 24.3 Å². The van der Waals surface area contributed by atoms with Gasteiger partial charge in [0.2, 0.25) is 5.91 Å². The number of benzene rings is 1. The Balaban J connectivity index is 2.31. The largest absolute Gasteiger partial charge is 0.496 e. The van der Waals surface area contributed by atoms with Crippen LogP contribution >= 0.6 is 0 Å². The Morgan fingerprint density at radius 2 is 2.11 bits per heavy atom. The van der Waals surface area contributed by atoms with Crippen molar-refractivity contribution in [2.24, 2.45) is 5.73 Å². The smallest absolute Gasteiger partial charge is 0.224 e. The van der Waals surface area contributed by atoms with Crippen molar-refractivity contribution in [2.75, 3.05) is 27.4 Å². The van der Waals surface area contributed by atoms with Crippen LogP contribution in [0.3, 0.4) is 0 Å². The van der Waals surface area contributed by atoms with Gasteiger partial charge < -0.3 is 20.1 Å². The summed E-state index contributed by atoms with van der Waals surface area (Å²) in [6, 6.07) is 7.34. The highest BCUT2D eigenvalue weighted by Crippen LogP contribution is 2.36. The number of hydrogen-bond acceptors (Lipinski definition) is 4. The molecule has 1 saturated heterocycles. The van der Waals surface area contributed by atoms with E-state index in [0.717, 1.165) is 11.3 Å². The molecule has 5 nitrogen and oxygen atoms in total. The highest BCUT2D eigenvalue weighted by molar-refractivity contribution is 5.80. The first kappa shape index (κ1) is 13.8. The van der Waals surface area contributed by atoms with Crippen LogP contribution in [0.5, 0.6) is 5.75 Å². The van der Waals surface area contributed by atoms with Gasteiger partial charge in [0, 0.05) is 31.7 Å². The number of carbonyl (C=O) groups excluding carboxylic acids is 1. The first-order chi connectivity index (χ1) is 9.19. The number of ether oxygens (including phenoxy) is 2. The number of likely N-dealkylation sites (tertiary alicyclic amines) is 1. The lowest BCUT2D eigenvalue weighted by atomic mass is 10.00. The van der Waals surface area contributed by atoms with Gasteiger partial charge in [-0.25, -0.2) is 0 Å². The molecule has 0 aliphatic carbocycles.